The molecule has 0 atom stereocenters. The summed E-state index contributed by atoms with van der Waals surface area (Å²) in [5, 5.41) is 5.58. The Labute approximate surface area is 66.3 Å². The lowest BCUT2D eigenvalue weighted by Gasteiger charge is -1.98. The molecule has 0 aromatic heterocycles. The van der Waals surface area contributed by atoms with Crippen LogP contribution in [0.5, 0.6) is 5.75 Å². The molecule has 58 valence electrons. The minimum Gasteiger partial charge on any atom is -0.497 e. The largest absolute Gasteiger partial charge is 0.497 e. The van der Waals surface area contributed by atoms with Gasteiger partial charge in [0.25, 0.3) is 0 Å². The summed E-state index contributed by atoms with van der Waals surface area (Å²) in [7, 11) is 1.65. The van der Waals surface area contributed by atoms with Gasteiger partial charge in [-0.15, -0.1) is 0 Å². The highest BCUT2D eigenvalue weighted by atomic mass is 16.5. The molecule has 1 rings (SSSR count). The van der Waals surface area contributed by atoms with Gasteiger partial charge in [0.05, 0.1) is 7.11 Å². The van der Waals surface area contributed by atoms with E-state index in [0.29, 0.717) is 0 Å². The van der Waals surface area contributed by atoms with Crippen LogP contribution in [0.4, 0.5) is 0 Å². The van der Waals surface area contributed by atoms with Gasteiger partial charge in [-0.25, -0.2) is 0 Å². The van der Waals surface area contributed by atoms with Crippen LogP contribution in [0, 0.1) is 0 Å². The van der Waals surface area contributed by atoms with Gasteiger partial charge < -0.3 is 4.74 Å². The fraction of sp³-hybridized carbons (Fsp3) is 0.222. The molecule has 0 unspecified atom stereocenters. The Kier molecular flexibility index (Phi) is 2.26. The molecule has 1 aromatic rings. The SMILES string of the molecule is COc1ccc(C(C)=[NH2+])cc1. The fourth-order valence-corrected chi connectivity index (χ4v) is 0.854. The molecular weight excluding hydrogens is 138 g/mol. The van der Waals surface area contributed by atoms with Crippen molar-refractivity contribution in [1.29, 1.82) is 0 Å². The van der Waals surface area contributed by atoms with Gasteiger partial charge >= 0.3 is 0 Å². The van der Waals surface area contributed by atoms with E-state index in [-0.39, 0.29) is 0 Å². The Balaban J connectivity index is 2.91. The topological polar surface area (TPSA) is 34.8 Å². The van der Waals surface area contributed by atoms with Gasteiger partial charge in [0.1, 0.15) is 5.75 Å². The molecule has 0 saturated heterocycles. The van der Waals surface area contributed by atoms with Crippen molar-refractivity contribution >= 4 is 5.71 Å². The van der Waals surface area contributed by atoms with Crippen molar-refractivity contribution in [2.45, 2.75) is 6.92 Å². The lowest BCUT2D eigenvalue weighted by molar-refractivity contribution is -0.113. The van der Waals surface area contributed by atoms with E-state index in [1.54, 1.807) is 7.11 Å². The molecule has 0 aliphatic heterocycles. The van der Waals surface area contributed by atoms with Gasteiger partial charge in [0, 0.05) is 12.5 Å². The van der Waals surface area contributed by atoms with Crippen LogP contribution in [-0.2, 0) is 0 Å². The molecule has 0 bridgehead atoms. The van der Waals surface area contributed by atoms with E-state index in [2.05, 4.69) is 0 Å². The van der Waals surface area contributed by atoms with E-state index in [1.165, 1.54) is 0 Å². The molecule has 0 saturated carbocycles. The lowest BCUT2D eigenvalue weighted by atomic mass is 10.1. The summed E-state index contributed by atoms with van der Waals surface area (Å²) < 4.78 is 5.00. The highest BCUT2D eigenvalue weighted by Crippen LogP contribution is 2.10. The van der Waals surface area contributed by atoms with Gasteiger partial charge in [0.15, 0.2) is 5.71 Å². The maximum atomic E-state index is 5.58. The summed E-state index contributed by atoms with van der Waals surface area (Å²) in [5.41, 5.74) is 1.87. The highest BCUT2D eigenvalue weighted by molar-refractivity contribution is 5.93. The molecule has 0 heterocycles. The van der Waals surface area contributed by atoms with Crippen LogP contribution in [0.25, 0.3) is 0 Å². The molecule has 1 aromatic carbocycles. The number of ether oxygens (including phenoxy) is 1. The Morgan fingerprint density at radius 1 is 1.27 bits per heavy atom. The van der Waals surface area contributed by atoms with Crippen molar-refractivity contribution in [2.24, 2.45) is 0 Å². The first-order chi connectivity index (χ1) is 5.24. The van der Waals surface area contributed by atoms with E-state index in [1.807, 2.05) is 31.2 Å². The van der Waals surface area contributed by atoms with Crippen LogP contribution in [0.1, 0.15) is 12.5 Å². The van der Waals surface area contributed by atoms with E-state index in [4.69, 9.17) is 10.1 Å². The predicted octanol–water partition coefficient (Wildman–Crippen LogP) is 0.263. The van der Waals surface area contributed by atoms with E-state index in [0.717, 1.165) is 17.0 Å². The molecule has 0 radical (unpaired) electrons. The van der Waals surface area contributed by atoms with Gasteiger partial charge in [-0.2, -0.15) is 0 Å². The summed E-state index contributed by atoms with van der Waals surface area (Å²) in [4.78, 5) is 0. The first kappa shape index (κ1) is 7.79. The zero-order valence-corrected chi connectivity index (χ0v) is 6.79. The smallest absolute Gasteiger partial charge is 0.176 e. The number of rotatable bonds is 2. The Hall–Kier alpha value is -1.31. The fourth-order valence-electron chi connectivity index (χ4n) is 0.854. The van der Waals surface area contributed by atoms with Crippen molar-refractivity contribution in [3.63, 3.8) is 0 Å². The number of hydrogen-bond donors (Lipinski definition) is 1. The summed E-state index contributed by atoms with van der Waals surface area (Å²) in [6.07, 6.45) is 0. The molecule has 0 fully saturated rings. The maximum Gasteiger partial charge on any atom is 0.176 e. The standard InChI is InChI=1S/C9H11NO/c1-7(10)8-3-5-9(11-2)6-4-8/h3-6,10H,1-2H3/p+1. The average Bonchev–Trinajstić information content (AvgIpc) is 2.05. The average molecular weight is 150 g/mol. The molecule has 0 spiro atoms. The van der Waals surface area contributed by atoms with Crippen molar-refractivity contribution in [3.05, 3.63) is 29.8 Å². The van der Waals surface area contributed by atoms with Crippen LogP contribution >= 0.6 is 0 Å². The van der Waals surface area contributed by atoms with E-state index < -0.39 is 0 Å². The van der Waals surface area contributed by atoms with E-state index in [9.17, 15) is 0 Å². The monoisotopic (exact) mass is 150 g/mol. The van der Waals surface area contributed by atoms with Crippen LogP contribution in [-0.4, -0.2) is 12.8 Å². The third kappa shape index (κ3) is 1.80. The van der Waals surface area contributed by atoms with Crippen molar-refractivity contribution in [3.8, 4) is 5.75 Å². The Bertz CT molecular complexity index is 251. The molecule has 2 N–H and O–H groups in total. The summed E-state index contributed by atoms with van der Waals surface area (Å²) >= 11 is 0. The minimum atomic E-state index is 0.827. The number of nitrogens with two attached hydrogens (primary N) is 1. The van der Waals surface area contributed by atoms with Crippen LogP contribution in [0.15, 0.2) is 24.3 Å². The zero-order chi connectivity index (χ0) is 8.27. The molecule has 0 aliphatic carbocycles. The number of methoxy groups -OCH3 is 1. The van der Waals surface area contributed by atoms with Crippen LogP contribution < -0.4 is 10.1 Å². The molecule has 11 heavy (non-hydrogen) atoms. The van der Waals surface area contributed by atoms with Crippen LogP contribution in [0.3, 0.4) is 0 Å². The second-order valence-corrected chi connectivity index (χ2v) is 2.41. The third-order valence-electron chi connectivity index (χ3n) is 1.55. The lowest BCUT2D eigenvalue weighted by Crippen LogP contribution is -2.37. The maximum absolute atomic E-state index is 5.58. The number of hydrogen-bond acceptors (Lipinski definition) is 1. The summed E-state index contributed by atoms with van der Waals surface area (Å²) in [6, 6.07) is 7.67. The summed E-state index contributed by atoms with van der Waals surface area (Å²) in [6.45, 7) is 1.88. The molecule has 0 aliphatic rings. The first-order valence-electron chi connectivity index (χ1n) is 3.47. The van der Waals surface area contributed by atoms with Gasteiger partial charge in [-0.3, -0.25) is 5.41 Å². The van der Waals surface area contributed by atoms with E-state index >= 15 is 0 Å². The number of benzene rings is 1. The quantitative estimate of drug-likeness (QED) is 0.603. The van der Waals surface area contributed by atoms with Gasteiger partial charge in [-0.05, 0) is 24.3 Å². The Morgan fingerprint density at radius 2 is 1.82 bits per heavy atom. The normalized spacial score (nSPS) is 9.27. The van der Waals surface area contributed by atoms with Crippen molar-refractivity contribution in [1.82, 2.24) is 0 Å². The van der Waals surface area contributed by atoms with Gasteiger partial charge in [-0.1, -0.05) is 0 Å². The Morgan fingerprint density at radius 3 is 2.18 bits per heavy atom. The molecule has 0 amide bonds. The summed E-state index contributed by atoms with van der Waals surface area (Å²) in [5.74, 6) is 0.856. The molecule has 2 heteroatoms. The predicted molar refractivity (Wildman–Crippen MR) is 44.7 cm³/mol. The minimum absolute atomic E-state index is 0.827. The van der Waals surface area contributed by atoms with Crippen molar-refractivity contribution in [2.75, 3.05) is 7.11 Å². The second kappa shape index (κ2) is 3.19. The highest BCUT2D eigenvalue weighted by Gasteiger charge is 1.98. The van der Waals surface area contributed by atoms with Crippen LogP contribution in [0.2, 0.25) is 0 Å². The van der Waals surface area contributed by atoms with Gasteiger partial charge in [0.2, 0.25) is 0 Å². The molecule has 2 nitrogen and oxygen atoms in total. The molecular formula is C9H12NO+. The third-order valence-corrected chi connectivity index (χ3v) is 1.55. The van der Waals surface area contributed by atoms with Crippen molar-refractivity contribution < 1.29 is 10.1 Å². The zero-order valence-electron chi connectivity index (χ0n) is 6.79. The first-order valence-corrected chi connectivity index (χ1v) is 3.47. The second-order valence-electron chi connectivity index (χ2n) is 2.41.